The van der Waals surface area contributed by atoms with Crippen molar-refractivity contribution >= 4 is 0 Å². The van der Waals surface area contributed by atoms with Crippen LogP contribution in [0.3, 0.4) is 0 Å². The van der Waals surface area contributed by atoms with Crippen molar-refractivity contribution in [3.63, 3.8) is 0 Å². The van der Waals surface area contributed by atoms with E-state index in [1.807, 2.05) is 0 Å². The van der Waals surface area contributed by atoms with Gasteiger partial charge in [0.1, 0.15) is 0 Å². The lowest BCUT2D eigenvalue weighted by molar-refractivity contribution is 0.0118. The smallest absolute Gasteiger partial charge is 0.0287 e. The average Bonchev–Trinajstić information content (AvgIpc) is 2.32. The van der Waals surface area contributed by atoms with Crippen LogP contribution >= 0.6 is 0 Å². The van der Waals surface area contributed by atoms with E-state index in [9.17, 15) is 0 Å². The van der Waals surface area contributed by atoms with Crippen LogP contribution in [-0.2, 0) is 0 Å². The molecule has 3 aliphatic carbocycles. The number of rotatable bonds is 0. The highest BCUT2D eigenvalue weighted by Crippen LogP contribution is 2.71. The third kappa shape index (κ3) is 0.625. The van der Waals surface area contributed by atoms with Gasteiger partial charge in [0.25, 0.3) is 0 Å². The molecule has 0 aromatic carbocycles. The highest BCUT2D eigenvalue weighted by Gasteiger charge is 2.64. The van der Waals surface area contributed by atoms with Gasteiger partial charge in [0.15, 0.2) is 0 Å². The maximum absolute atomic E-state index is 2.54. The molecule has 3 saturated carbocycles. The molecular formula is C12H20. The molecule has 0 aliphatic heterocycles. The van der Waals surface area contributed by atoms with Crippen LogP contribution in [0.25, 0.3) is 0 Å². The Morgan fingerprint density at radius 1 is 1.08 bits per heavy atom. The zero-order valence-corrected chi connectivity index (χ0v) is 8.51. The van der Waals surface area contributed by atoms with E-state index in [0.29, 0.717) is 0 Å². The van der Waals surface area contributed by atoms with E-state index in [4.69, 9.17) is 0 Å². The summed E-state index contributed by atoms with van der Waals surface area (Å²) in [5.74, 6) is 5.46. The quantitative estimate of drug-likeness (QED) is 0.515. The van der Waals surface area contributed by atoms with Crippen molar-refractivity contribution in [3.05, 3.63) is 0 Å². The Bertz CT molecular complexity index is 216. The lowest BCUT2D eigenvalue weighted by atomic mass is 9.57. The summed E-state index contributed by atoms with van der Waals surface area (Å²) in [5.41, 5.74) is 0.791. The van der Waals surface area contributed by atoms with Gasteiger partial charge in [-0.1, -0.05) is 20.8 Å². The molecule has 12 heavy (non-hydrogen) atoms. The van der Waals surface area contributed by atoms with Crippen molar-refractivity contribution in [1.82, 2.24) is 0 Å². The van der Waals surface area contributed by atoms with E-state index in [-0.39, 0.29) is 0 Å². The van der Waals surface area contributed by atoms with Crippen LogP contribution in [0.4, 0.5) is 0 Å². The van der Waals surface area contributed by atoms with Crippen LogP contribution in [0, 0.1) is 35.0 Å². The summed E-state index contributed by atoms with van der Waals surface area (Å²) in [6, 6.07) is 0. The lowest BCUT2D eigenvalue weighted by Crippen LogP contribution is -2.40. The second-order valence-electron chi connectivity index (χ2n) is 6.12. The maximum atomic E-state index is 2.54. The Morgan fingerprint density at radius 2 is 1.83 bits per heavy atom. The molecule has 0 heterocycles. The van der Waals surface area contributed by atoms with Crippen molar-refractivity contribution in [2.75, 3.05) is 0 Å². The van der Waals surface area contributed by atoms with E-state index >= 15 is 0 Å². The van der Waals surface area contributed by atoms with E-state index in [2.05, 4.69) is 20.8 Å². The van der Waals surface area contributed by atoms with Crippen molar-refractivity contribution in [2.45, 2.75) is 40.0 Å². The molecule has 3 rings (SSSR count). The molecule has 0 amide bonds. The summed E-state index contributed by atoms with van der Waals surface area (Å²) >= 11 is 0. The molecule has 0 N–H and O–H groups in total. The van der Waals surface area contributed by atoms with E-state index in [1.165, 1.54) is 6.42 Å². The fraction of sp³-hybridized carbons (Fsp3) is 1.00. The van der Waals surface area contributed by atoms with Crippen LogP contribution in [0.2, 0.25) is 0 Å². The van der Waals surface area contributed by atoms with Gasteiger partial charge < -0.3 is 0 Å². The summed E-state index contributed by atoms with van der Waals surface area (Å²) in [4.78, 5) is 0. The Labute approximate surface area is 75.7 Å². The van der Waals surface area contributed by atoms with Gasteiger partial charge in [-0.3, -0.25) is 0 Å². The molecule has 0 saturated heterocycles. The maximum Gasteiger partial charge on any atom is -0.0287 e. The van der Waals surface area contributed by atoms with Crippen molar-refractivity contribution in [1.29, 1.82) is 0 Å². The minimum absolute atomic E-state index is 0.791. The van der Waals surface area contributed by atoms with Gasteiger partial charge in [0.2, 0.25) is 0 Å². The highest BCUT2D eigenvalue weighted by atomic mass is 14.7. The molecule has 6 unspecified atom stereocenters. The lowest BCUT2D eigenvalue weighted by Gasteiger charge is -2.48. The topological polar surface area (TPSA) is 0 Å². The molecule has 0 bridgehead atoms. The largest absolute Gasteiger partial charge is 0.0622 e. The first-order valence-corrected chi connectivity index (χ1v) is 5.62. The zero-order valence-electron chi connectivity index (χ0n) is 8.51. The first-order valence-electron chi connectivity index (χ1n) is 5.62. The van der Waals surface area contributed by atoms with Crippen LogP contribution in [-0.4, -0.2) is 0 Å². The Morgan fingerprint density at radius 3 is 2.50 bits per heavy atom. The third-order valence-corrected chi connectivity index (χ3v) is 5.23. The zero-order chi connectivity index (χ0) is 8.51. The fourth-order valence-electron chi connectivity index (χ4n) is 5.27. The van der Waals surface area contributed by atoms with Crippen molar-refractivity contribution < 1.29 is 0 Å². The van der Waals surface area contributed by atoms with Gasteiger partial charge in [-0.2, -0.15) is 0 Å². The van der Waals surface area contributed by atoms with Crippen LogP contribution in [0.15, 0.2) is 0 Å². The molecule has 0 heteroatoms. The normalized spacial score (nSPS) is 67.8. The standard InChI is InChI=1S/C12H20/c1-7-4-9-6-12(3)5-8(2)10(7)11(9)12/h7-11H,4-6H2,1-3H3. The van der Waals surface area contributed by atoms with Crippen LogP contribution in [0.1, 0.15) is 40.0 Å². The molecule has 3 fully saturated rings. The average molecular weight is 164 g/mol. The molecule has 68 valence electrons. The molecule has 0 aromatic heterocycles. The van der Waals surface area contributed by atoms with Gasteiger partial charge in [-0.05, 0) is 54.3 Å². The molecule has 0 spiro atoms. The first kappa shape index (κ1) is 7.41. The highest BCUT2D eigenvalue weighted by molar-refractivity contribution is 5.13. The second-order valence-corrected chi connectivity index (χ2v) is 6.12. The van der Waals surface area contributed by atoms with Crippen LogP contribution in [0.5, 0.6) is 0 Å². The summed E-state index contributed by atoms with van der Waals surface area (Å²) in [5, 5.41) is 0. The van der Waals surface area contributed by atoms with Gasteiger partial charge in [-0.25, -0.2) is 0 Å². The first-order chi connectivity index (χ1) is 5.62. The predicted octanol–water partition coefficient (Wildman–Crippen LogP) is 3.32. The third-order valence-electron chi connectivity index (χ3n) is 5.23. The predicted molar refractivity (Wildman–Crippen MR) is 50.8 cm³/mol. The summed E-state index contributed by atoms with van der Waals surface area (Å²) in [6.45, 7) is 7.53. The van der Waals surface area contributed by atoms with Crippen molar-refractivity contribution in [2.24, 2.45) is 35.0 Å². The molecular weight excluding hydrogens is 144 g/mol. The van der Waals surface area contributed by atoms with Gasteiger partial charge >= 0.3 is 0 Å². The molecule has 0 nitrogen and oxygen atoms in total. The summed E-state index contributed by atoms with van der Waals surface area (Å²) < 4.78 is 0. The SMILES string of the molecule is CC1CC2CC3(C)CC(C)C1C23. The van der Waals surface area contributed by atoms with Gasteiger partial charge in [-0.15, -0.1) is 0 Å². The van der Waals surface area contributed by atoms with Gasteiger partial charge in [0, 0.05) is 0 Å². The molecule has 3 aliphatic rings. The number of hydrogen-bond acceptors (Lipinski definition) is 0. The molecule has 0 aromatic rings. The minimum atomic E-state index is 0.791. The minimum Gasteiger partial charge on any atom is -0.0622 e. The molecule has 0 radical (unpaired) electrons. The Balaban J connectivity index is 1.98. The molecule has 6 atom stereocenters. The van der Waals surface area contributed by atoms with E-state index in [0.717, 1.165) is 35.0 Å². The van der Waals surface area contributed by atoms with E-state index < -0.39 is 0 Å². The Hall–Kier alpha value is 0. The summed E-state index contributed by atoms with van der Waals surface area (Å²) in [7, 11) is 0. The Kier molecular flexibility index (Phi) is 1.18. The van der Waals surface area contributed by atoms with Crippen LogP contribution < -0.4 is 0 Å². The number of hydrogen-bond donors (Lipinski definition) is 0. The fourth-order valence-corrected chi connectivity index (χ4v) is 5.27. The second kappa shape index (κ2) is 1.91. The monoisotopic (exact) mass is 164 g/mol. The summed E-state index contributed by atoms with van der Waals surface area (Å²) in [6.07, 6.45) is 4.64. The van der Waals surface area contributed by atoms with Crippen molar-refractivity contribution in [3.8, 4) is 0 Å². The van der Waals surface area contributed by atoms with Gasteiger partial charge in [0.05, 0.1) is 0 Å². The van der Waals surface area contributed by atoms with E-state index in [1.54, 1.807) is 12.8 Å².